The summed E-state index contributed by atoms with van der Waals surface area (Å²) >= 11 is 0. The number of unbranched alkanes of at least 4 members (excludes halogenated alkanes) is 1. The van der Waals surface area contributed by atoms with E-state index in [1.807, 2.05) is 52.0 Å². The Labute approximate surface area is 256 Å². The highest BCUT2D eigenvalue weighted by molar-refractivity contribution is 6.03. The first-order chi connectivity index (χ1) is 20.5. The van der Waals surface area contributed by atoms with Crippen molar-refractivity contribution in [1.29, 1.82) is 0 Å². The van der Waals surface area contributed by atoms with Gasteiger partial charge in [0, 0.05) is 25.3 Å². The molecule has 0 aliphatic carbocycles. The van der Waals surface area contributed by atoms with Gasteiger partial charge in [-0.05, 0) is 63.3 Å². The third kappa shape index (κ3) is 5.62. The topological polar surface area (TPSA) is 99.6 Å². The van der Waals surface area contributed by atoms with Crippen LogP contribution in [0.5, 0.6) is 5.75 Å². The van der Waals surface area contributed by atoms with Crippen LogP contribution in [0.25, 0.3) is 0 Å². The molecule has 9 nitrogen and oxygen atoms in total. The van der Waals surface area contributed by atoms with Gasteiger partial charge in [0.1, 0.15) is 17.4 Å². The van der Waals surface area contributed by atoms with Crippen LogP contribution in [0.15, 0.2) is 49.6 Å². The number of ether oxygens (including phenoxy) is 2. The zero-order valence-electron chi connectivity index (χ0n) is 26.5. The van der Waals surface area contributed by atoms with Crippen LogP contribution < -0.4 is 9.64 Å². The van der Waals surface area contributed by atoms with Crippen molar-refractivity contribution in [3.05, 3.63) is 49.6 Å². The van der Waals surface area contributed by atoms with Crippen molar-refractivity contribution in [3.8, 4) is 5.75 Å². The van der Waals surface area contributed by atoms with Crippen LogP contribution in [-0.2, 0) is 19.1 Å². The molecular formula is C34H49N3O6. The maximum absolute atomic E-state index is 14.6. The maximum atomic E-state index is 14.6. The summed E-state index contributed by atoms with van der Waals surface area (Å²) < 4.78 is 12.4. The Morgan fingerprint density at radius 2 is 1.81 bits per heavy atom. The number of carbonyl (C=O) groups is 3. The van der Waals surface area contributed by atoms with E-state index in [1.165, 1.54) is 0 Å². The number of nitrogens with zero attached hydrogens (tertiary/aromatic N) is 3. The van der Waals surface area contributed by atoms with Crippen molar-refractivity contribution in [2.75, 3.05) is 37.7 Å². The van der Waals surface area contributed by atoms with E-state index < -0.39 is 35.1 Å². The van der Waals surface area contributed by atoms with Crippen molar-refractivity contribution < 1.29 is 29.0 Å². The van der Waals surface area contributed by atoms with Gasteiger partial charge in [-0.3, -0.25) is 14.4 Å². The average molecular weight is 596 g/mol. The summed E-state index contributed by atoms with van der Waals surface area (Å²) in [6.07, 6.45) is 6.09. The summed E-state index contributed by atoms with van der Waals surface area (Å²) in [5, 5.41) is 10.5. The molecule has 2 unspecified atom stereocenters. The second kappa shape index (κ2) is 13.2. The number of amides is 3. The second-order valence-electron chi connectivity index (χ2n) is 12.6. The van der Waals surface area contributed by atoms with Crippen LogP contribution in [0.2, 0.25) is 0 Å². The molecule has 0 aromatic heterocycles. The molecule has 0 radical (unpaired) electrons. The zero-order chi connectivity index (χ0) is 31.5. The van der Waals surface area contributed by atoms with E-state index >= 15 is 0 Å². The van der Waals surface area contributed by atoms with Crippen LogP contribution in [0, 0.1) is 17.8 Å². The van der Waals surface area contributed by atoms with Gasteiger partial charge in [0.25, 0.3) is 0 Å². The van der Waals surface area contributed by atoms with Gasteiger partial charge in [0.15, 0.2) is 0 Å². The first-order valence-corrected chi connectivity index (χ1v) is 15.7. The van der Waals surface area contributed by atoms with E-state index in [9.17, 15) is 19.5 Å². The number of rotatable bonds is 15. The van der Waals surface area contributed by atoms with Crippen LogP contribution in [0.3, 0.4) is 0 Å². The van der Waals surface area contributed by atoms with Crippen molar-refractivity contribution in [3.63, 3.8) is 0 Å². The smallest absolute Gasteiger partial charge is 0.248 e. The van der Waals surface area contributed by atoms with Crippen molar-refractivity contribution >= 4 is 23.4 Å². The lowest BCUT2D eigenvalue weighted by atomic mass is 9.66. The van der Waals surface area contributed by atoms with E-state index in [1.54, 1.807) is 26.9 Å². The molecule has 1 N–H and O–H groups in total. The van der Waals surface area contributed by atoms with E-state index in [0.29, 0.717) is 44.0 Å². The highest BCUT2D eigenvalue weighted by Crippen LogP contribution is 2.64. The zero-order valence-corrected chi connectivity index (χ0v) is 26.5. The van der Waals surface area contributed by atoms with Crippen molar-refractivity contribution in [1.82, 2.24) is 9.80 Å². The lowest BCUT2D eigenvalue weighted by molar-refractivity contribution is -0.155. The van der Waals surface area contributed by atoms with E-state index in [4.69, 9.17) is 9.47 Å². The monoisotopic (exact) mass is 595 g/mol. The van der Waals surface area contributed by atoms with Crippen molar-refractivity contribution in [2.24, 2.45) is 17.8 Å². The molecule has 9 heteroatoms. The quantitative estimate of drug-likeness (QED) is 0.305. The largest absolute Gasteiger partial charge is 0.494 e. The molecular weight excluding hydrogens is 546 g/mol. The van der Waals surface area contributed by atoms with Gasteiger partial charge in [-0.15, -0.1) is 13.2 Å². The number of anilines is 1. The average Bonchev–Trinajstić information content (AvgIpc) is 3.55. The van der Waals surface area contributed by atoms with E-state index in [-0.39, 0.29) is 36.8 Å². The molecule has 3 saturated heterocycles. The molecule has 4 rings (SSSR count). The van der Waals surface area contributed by atoms with Crippen LogP contribution >= 0.6 is 0 Å². The predicted molar refractivity (Wildman–Crippen MR) is 167 cm³/mol. The van der Waals surface area contributed by atoms with Gasteiger partial charge in [-0.1, -0.05) is 39.3 Å². The molecule has 3 fully saturated rings. The van der Waals surface area contributed by atoms with Crippen LogP contribution in [0.4, 0.5) is 5.69 Å². The first-order valence-electron chi connectivity index (χ1n) is 15.7. The molecule has 0 saturated carbocycles. The van der Waals surface area contributed by atoms with Gasteiger partial charge in [0.2, 0.25) is 17.7 Å². The standard InChI is InChI=1S/C34H49N3O6/c1-8-12-21-35(19-9-2)32(41)29-34-18-17-33(7,43-34)27(28(34)31(40)37(29)26(22-38)23(5)6)30(39)36(20-10-3)24-13-15-25(16-14-24)42-11-4/h9-10,13-16,23,26-29,38H,2-3,8,11-12,17-22H2,1,4-7H3/t26-,27+,28-,29?,33-,34?/m0/s1. The molecule has 3 aliphatic rings. The lowest BCUT2D eigenvalue weighted by Crippen LogP contribution is -2.59. The molecule has 2 bridgehead atoms. The molecule has 3 amide bonds. The second-order valence-corrected chi connectivity index (χ2v) is 12.6. The highest BCUT2D eigenvalue weighted by Gasteiger charge is 2.79. The van der Waals surface area contributed by atoms with Crippen LogP contribution in [-0.4, -0.2) is 88.8 Å². The minimum absolute atomic E-state index is 0.119. The van der Waals surface area contributed by atoms with Crippen molar-refractivity contribution in [2.45, 2.75) is 83.6 Å². The summed E-state index contributed by atoms with van der Waals surface area (Å²) in [6.45, 7) is 18.8. The first kappa shape index (κ1) is 32.7. The van der Waals surface area contributed by atoms with E-state index in [0.717, 1.165) is 12.8 Å². The molecule has 1 spiro atoms. The predicted octanol–water partition coefficient (Wildman–Crippen LogP) is 4.20. The molecule has 43 heavy (non-hydrogen) atoms. The summed E-state index contributed by atoms with van der Waals surface area (Å²) in [7, 11) is 0. The fraction of sp³-hybridized carbons (Fsp3) is 0.618. The maximum Gasteiger partial charge on any atom is 0.248 e. The van der Waals surface area contributed by atoms with Crippen LogP contribution in [0.1, 0.15) is 60.3 Å². The minimum Gasteiger partial charge on any atom is -0.494 e. The third-order valence-corrected chi connectivity index (χ3v) is 9.51. The number of benzene rings is 1. The Morgan fingerprint density at radius 3 is 2.37 bits per heavy atom. The fourth-order valence-electron chi connectivity index (χ4n) is 7.47. The molecule has 3 heterocycles. The summed E-state index contributed by atoms with van der Waals surface area (Å²) in [5.74, 6) is -1.83. The number of fused-ring (bicyclic) bond motifs is 1. The Hall–Kier alpha value is -3.17. The van der Waals surface area contributed by atoms with Gasteiger partial charge < -0.3 is 29.3 Å². The van der Waals surface area contributed by atoms with Gasteiger partial charge >= 0.3 is 0 Å². The number of aliphatic hydroxyl groups excluding tert-OH is 1. The Kier molecular flexibility index (Phi) is 10.1. The summed E-state index contributed by atoms with van der Waals surface area (Å²) in [6, 6.07) is 5.75. The molecule has 1 aromatic rings. The third-order valence-electron chi connectivity index (χ3n) is 9.51. The van der Waals surface area contributed by atoms with E-state index in [2.05, 4.69) is 20.1 Å². The number of carbonyl (C=O) groups excluding carboxylic acids is 3. The van der Waals surface area contributed by atoms with Gasteiger partial charge in [-0.25, -0.2) is 0 Å². The Bertz CT molecular complexity index is 1200. The lowest BCUT2D eigenvalue weighted by Gasteiger charge is -2.40. The molecule has 3 aliphatic heterocycles. The number of hydrogen-bond donors (Lipinski definition) is 1. The number of hydrogen-bond acceptors (Lipinski definition) is 6. The summed E-state index contributed by atoms with van der Waals surface area (Å²) in [4.78, 5) is 48.7. The highest BCUT2D eigenvalue weighted by atomic mass is 16.5. The normalized spacial score (nSPS) is 28.1. The Morgan fingerprint density at radius 1 is 1.14 bits per heavy atom. The SMILES string of the molecule is C=CCN(CCCC)C(=O)C1N([C@@H](CO)C(C)C)C(=O)[C@@H]2[C@H](C(=O)N(CC=C)c3ccc(OCC)cc3)[C@]3(C)CCC12O3. The fourth-order valence-corrected chi connectivity index (χ4v) is 7.47. The Balaban J connectivity index is 1.80. The van der Waals surface area contributed by atoms with Gasteiger partial charge in [-0.2, -0.15) is 0 Å². The molecule has 1 aromatic carbocycles. The summed E-state index contributed by atoms with van der Waals surface area (Å²) in [5.41, 5.74) is -1.43. The minimum atomic E-state index is -1.17. The number of aliphatic hydroxyl groups is 1. The van der Waals surface area contributed by atoms with Gasteiger partial charge in [0.05, 0.1) is 36.7 Å². The molecule has 6 atom stereocenters. The number of likely N-dealkylation sites (tertiary alicyclic amines) is 1. The molecule has 236 valence electrons.